The smallest absolute Gasteiger partial charge is 0.272 e. The van der Waals surface area contributed by atoms with Gasteiger partial charge >= 0.3 is 0 Å². The van der Waals surface area contributed by atoms with Gasteiger partial charge in [0.05, 0.1) is 24.8 Å². The Bertz CT molecular complexity index is 1000. The molecule has 0 unspecified atom stereocenters. The summed E-state index contributed by atoms with van der Waals surface area (Å²) >= 11 is 5.96. The summed E-state index contributed by atoms with van der Waals surface area (Å²) in [6.45, 7) is 0.287. The molecule has 3 aromatic heterocycles. The van der Waals surface area contributed by atoms with Gasteiger partial charge in [-0.1, -0.05) is 11.6 Å². The number of halogens is 1. The van der Waals surface area contributed by atoms with Crippen LogP contribution in [-0.2, 0) is 6.54 Å². The molecule has 0 atom stereocenters. The first kappa shape index (κ1) is 16.2. The maximum absolute atomic E-state index is 12.5. The summed E-state index contributed by atoms with van der Waals surface area (Å²) in [6.07, 6.45) is 3.14. The minimum absolute atomic E-state index is 0.276. The van der Waals surface area contributed by atoms with Crippen molar-refractivity contribution in [3.05, 3.63) is 83.6 Å². The van der Waals surface area contributed by atoms with Crippen LogP contribution in [0.15, 0.2) is 76.0 Å². The highest BCUT2D eigenvalue weighted by Gasteiger charge is 2.18. The van der Waals surface area contributed by atoms with Crippen molar-refractivity contribution in [2.75, 3.05) is 0 Å². The third-order valence-electron chi connectivity index (χ3n) is 3.79. The average molecular weight is 368 g/mol. The molecule has 1 amide bonds. The number of nitrogens with one attached hydrogen (secondary N) is 1. The molecular weight excluding hydrogens is 354 g/mol. The first-order chi connectivity index (χ1) is 12.7. The summed E-state index contributed by atoms with van der Waals surface area (Å²) < 4.78 is 12.4. The van der Waals surface area contributed by atoms with E-state index < -0.39 is 0 Å². The molecule has 0 spiro atoms. The number of carbonyl (C=O) groups excluding carboxylic acids is 1. The second kappa shape index (κ2) is 6.93. The van der Waals surface area contributed by atoms with Gasteiger partial charge in [0.2, 0.25) is 0 Å². The zero-order valence-corrected chi connectivity index (χ0v) is 14.3. The van der Waals surface area contributed by atoms with Gasteiger partial charge in [0, 0.05) is 11.1 Å². The van der Waals surface area contributed by atoms with Crippen LogP contribution in [-0.4, -0.2) is 15.7 Å². The molecule has 0 aliphatic rings. The van der Waals surface area contributed by atoms with Crippen LogP contribution in [0.1, 0.15) is 16.2 Å². The van der Waals surface area contributed by atoms with Crippen LogP contribution in [0.2, 0.25) is 5.02 Å². The minimum atomic E-state index is -0.304. The fourth-order valence-corrected chi connectivity index (χ4v) is 2.67. The standard InChI is InChI=1S/C19H14ClN3O3/c20-13-5-7-14(8-6-13)23-17(18-4-2-10-26-18)11-16(22-23)19(24)21-12-15-3-1-9-25-15/h1-11H,12H2,(H,21,24). The van der Waals surface area contributed by atoms with Gasteiger partial charge in [-0.05, 0) is 48.5 Å². The Morgan fingerprint density at radius 2 is 1.85 bits per heavy atom. The Hall–Kier alpha value is -3.25. The molecule has 3 heterocycles. The summed E-state index contributed by atoms with van der Waals surface area (Å²) in [4.78, 5) is 12.5. The van der Waals surface area contributed by atoms with Gasteiger partial charge in [0.1, 0.15) is 11.5 Å². The van der Waals surface area contributed by atoms with Gasteiger partial charge in [0.15, 0.2) is 11.5 Å². The zero-order valence-electron chi connectivity index (χ0n) is 13.6. The second-order valence-electron chi connectivity index (χ2n) is 5.54. The van der Waals surface area contributed by atoms with Crippen molar-refractivity contribution in [1.29, 1.82) is 0 Å². The molecule has 0 aliphatic heterocycles. The second-order valence-corrected chi connectivity index (χ2v) is 5.98. The minimum Gasteiger partial charge on any atom is -0.467 e. The van der Waals surface area contributed by atoms with E-state index in [4.69, 9.17) is 20.4 Å². The molecule has 0 aliphatic carbocycles. The molecule has 4 aromatic rings. The highest BCUT2D eigenvalue weighted by atomic mass is 35.5. The van der Waals surface area contributed by atoms with E-state index in [1.165, 1.54) is 0 Å². The summed E-state index contributed by atoms with van der Waals surface area (Å²) in [5.74, 6) is 0.973. The number of rotatable bonds is 5. The summed E-state index contributed by atoms with van der Waals surface area (Å²) in [6, 6.07) is 16.0. The van der Waals surface area contributed by atoms with Crippen LogP contribution < -0.4 is 5.32 Å². The SMILES string of the molecule is O=C(NCc1ccco1)c1cc(-c2ccco2)n(-c2ccc(Cl)cc2)n1. The quantitative estimate of drug-likeness (QED) is 0.570. The largest absolute Gasteiger partial charge is 0.467 e. The number of amides is 1. The van der Waals surface area contributed by atoms with Crippen LogP contribution in [0, 0.1) is 0 Å². The van der Waals surface area contributed by atoms with Crippen LogP contribution >= 0.6 is 11.6 Å². The molecule has 1 aromatic carbocycles. The van der Waals surface area contributed by atoms with Crippen LogP contribution in [0.4, 0.5) is 0 Å². The maximum atomic E-state index is 12.5. The number of hydrogen-bond acceptors (Lipinski definition) is 4. The van der Waals surface area contributed by atoms with Crippen molar-refractivity contribution in [3.63, 3.8) is 0 Å². The van der Waals surface area contributed by atoms with Gasteiger partial charge in [-0.15, -0.1) is 0 Å². The highest BCUT2D eigenvalue weighted by molar-refractivity contribution is 6.30. The Morgan fingerprint density at radius 3 is 2.54 bits per heavy atom. The molecule has 130 valence electrons. The maximum Gasteiger partial charge on any atom is 0.272 e. The van der Waals surface area contributed by atoms with E-state index in [-0.39, 0.29) is 18.1 Å². The van der Waals surface area contributed by atoms with E-state index in [0.717, 1.165) is 5.69 Å². The molecule has 0 bridgehead atoms. The fourth-order valence-electron chi connectivity index (χ4n) is 2.54. The molecular formula is C19H14ClN3O3. The lowest BCUT2D eigenvalue weighted by Crippen LogP contribution is -2.23. The summed E-state index contributed by atoms with van der Waals surface area (Å²) in [5.41, 5.74) is 1.71. The van der Waals surface area contributed by atoms with E-state index in [9.17, 15) is 4.79 Å². The molecule has 6 nitrogen and oxygen atoms in total. The van der Waals surface area contributed by atoms with Crippen molar-refractivity contribution in [3.8, 4) is 17.1 Å². The number of nitrogens with zero attached hydrogens (tertiary/aromatic N) is 2. The molecule has 0 fully saturated rings. The zero-order chi connectivity index (χ0) is 17.9. The molecule has 26 heavy (non-hydrogen) atoms. The van der Waals surface area contributed by atoms with E-state index in [2.05, 4.69) is 10.4 Å². The lowest BCUT2D eigenvalue weighted by Gasteiger charge is -2.05. The number of furan rings is 2. The van der Waals surface area contributed by atoms with Gasteiger partial charge in [-0.2, -0.15) is 5.10 Å². The van der Waals surface area contributed by atoms with Gasteiger partial charge < -0.3 is 14.2 Å². The normalized spacial score (nSPS) is 10.8. The third kappa shape index (κ3) is 3.27. The highest BCUT2D eigenvalue weighted by Crippen LogP contribution is 2.25. The topological polar surface area (TPSA) is 73.2 Å². The Morgan fingerprint density at radius 1 is 1.08 bits per heavy atom. The van der Waals surface area contributed by atoms with Crippen molar-refractivity contribution in [2.24, 2.45) is 0 Å². The summed E-state index contributed by atoms with van der Waals surface area (Å²) in [7, 11) is 0. The van der Waals surface area contributed by atoms with Gasteiger partial charge in [-0.25, -0.2) is 4.68 Å². The average Bonchev–Trinajstić information content (AvgIpc) is 3.41. The van der Waals surface area contributed by atoms with Gasteiger partial charge in [0.25, 0.3) is 5.91 Å². The number of hydrogen-bond donors (Lipinski definition) is 1. The molecule has 0 saturated heterocycles. The lowest BCUT2D eigenvalue weighted by atomic mass is 10.2. The summed E-state index contributed by atoms with van der Waals surface area (Å²) in [5, 5.41) is 7.85. The molecule has 0 saturated carbocycles. The number of benzene rings is 1. The van der Waals surface area contributed by atoms with E-state index in [0.29, 0.717) is 22.2 Å². The lowest BCUT2D eigenvalue weighted by molar-refractivity contribution is 0.0942. The van der Waals surface area contributed by atoms with Crippen molar-refractivity contribution in [2.45, 2.75) is 6.54 Å². The van der Waals surface area contributed by atoms with Crippen molar-refractivity contribution in [1.82, 2.24) is 15.1 Å². The monoisotopic (exact) mass is 367 g/mol. The molecule has 7 heteroatoms. The van der Waals surface area contributed by atoms with Gasteiger partial charge in [-0.3, -0.25) is 4.79 Å². The molecule has 1 N–H and O–H groups in total. The predicted octanol–water partition coefficient (Wildman–Crippen LogP) is 4.31. The fraction of sp³-hybridized carbons (Fsp3) is 0.0526. The number of carbonyl (C=O) groups is 1. The van der Waals surface area contributed by atoms with E-state index in [1.54, 1.807) is 53.6 Å². The van der Waals surface area contributed by atoms with Crippen LogP contribution in [0.25, 0.3) is 17.1 Å². The van der Waals surface area contributed by atoms with Crippen LogP contribution in [0.3, 0.4) is 0 Å². The first-order valence-corrected chi connectivity index (χ1v) is 8.29. The van der Waals surface area contributed by atoms with E-state index >= 15 is 0 Å². The first-order valence-electron chi connectivity index (χ1n) is 7.91. The molecule has 4 rings (SSSR count). The number of aromatic nitrogens is 2. The Balaban J connectivity index is 1.66. The predicted molar refractivity (Wildman–Crippen MR) is 96.2 cm³/mol. The third-order valence-corrected chi connectivity index (χ3v) is 4.04. The van der Waals surface area contributed by atoms with Crippen molar-refractivity contribution >= 4 is 17.5 Å². The van der Waals surface area contributed by atoms with Crippen molar-refractivity contribution < 1.29 is 13.6 Å². The molecule has 0 radical (unpaired) electrons. The Kier molecular flexibility index (Phi) is 4.33. The Labute approximate surface area is 154 Å². The van der Waals surface area contributed by atoms with E-state index in [1.807, 2.05) is 18.2 Å². The van der Waals surface area contributed by atoms with Crippen LogP contribution in [0.5, 0.6) is 0 Å².